The van der Waals surface area contributed by atoms with Crippen LogP contribution in [0.4, 0.5) is 5.69 Å². The minimum atomic E-state index is -0.491. The summed E-state index contributed by atoms with van der Waals surface area (Å²) in [6.07, 6.45) is 0. The number of phenols is 1. The Balaban J connectivity index is 1.88. The summed E-state index contributed by atoms with van der Waals surface area (Å²) in [5.41, 5.74) is 2.14. The highest BCUT2D eigenvalue weighted by Gasteiger charge is 2.16. The van der Waals surface area contributed by atoms with E-state index in [9.17, 15) is 9.90 Å². The van der Waals surface area contributed by atoms with Crippen molar-refractivity contribution >= 4 is 23.2 Å². The Hall–Kier alpha value is -2.79. The molecule has 0 saturated heterocycles. The normalized spacial score (nSPS) is 10.6. The maximum Gasteiger partial charge on any atom is 0.260 e. The summed E-state index contributed by atoms with van der Waals surface area (Å²) in [6, 6.07) is 11.6. The fraction of sp³-hybridized carbons (Fsp3) is 0.111. The molecule has 3 rings (SSSR count). The third-order valence-corrected chi connectivity index (χ3v) is 3.93. The van der Waals surface area contributed by atoms with Crippen molar-refractivity contribution < 1.29 is 14.3 Å². The topological polar surface area (TPSA) is 75.4 Å². The number of amides is 1. The number of hydrogen-bond acceptors (Lipinski definition) is 4. The van der Waals surface area contributed by atoms with Gasteiger partial charge in [-0.2, -0.15) is 0 Å². The van der Waals surface area contributed by atoms with Crippen molar-refractivity contribution in [2.75, 3.05) is 5.32 Å². The van der Waals surface area contributed by atoms with Crippen molar-refractivity contribution in [1.29, 1.82) is 0 Å². The predicted molar refractivity (Wildman–Crippen MR) is 92.5 cm³/mol. The van der Waals surface area contributed by atoms with E-state index in [0.29, 0.717) is 11.6 Å². The van der Waals surface area contributed by atoms with Crippen LogP contribution in [0.1, 0.15) is 21.8 Å². The van der Waals surface area contributed by atoms with E-state index >= 15 is 0 Å². The summed E-state index contributed by atoms with van der Waals surface area (Å²) in [4.78, 5) is 16.7. The van der Waals surface area contributed by atoms with E-state index < -0.39 is 5.91 Å². The van der Waals surface area contributed by atoms with Crippen molar-refractivity contribution in [1.82, 2.24) is 4.98 Å². The molecule has 1 aromatic heterocycles. The number of benzene rings is 2. The van der Waals surface area contributed by atoms with Gasteiger partial charge in [-0.1, -0.05) is 23.7 Å². The molecule has 0 radical (unpaired) electrons. The van der Waals surface area contributed by atoms with E-state index in [4.69, 9.17) is 16.0 Å². The number of rotatable bonds is 3. The van der Waals surface area contributed by atoms with Crippen LogP contribution in [0, 0.1) is 13.8 Å². The smallest absolute Gasteiger partial charge is 0.260 e. The first-order valence-electron chi connectivity index (χ1n) is 7.29. The lowest BCUT2D eigenvalue weighted by Gasteiger charge is -2.09. The number of nitrogens with zero attached hydrogens (tertiary/aromatic N) is 1. The third kappa shape index (κ3) is 3.12. The van der Waals surface area contributed by atoms with E-state index in [-0.39, 0.29) is 16.3 Å². The Bertz CT molecular complexity index is 879. The molecule has 1 heterocycles. The predicted octanol–water partition coefficient (Wildman–Crippen LogP) is 4.57. The molecule has 2 aromatic carbocycles. The summed E-state index contributed by atoms with van der Waals surface area (Å²) in [5, 5.41) is 12.7. The second-order valence-electron chi connectivity index (χ2n) is 5.33. The van der Waals surface area contributed by atoms with Gasteiger partial charge in [0.2, 0.25) is 5.89 Å². The monoisotopic (exact) mass is 342 g/mol. The van der Waals surface area contributed by atoms with Crippen molar-refractivity contribution in [3.8, 4) is 17.2 Å². The highest BCUT2D eigenvalue weighted by molar-refractivity contribution is 6.34. The van der Waals surface area contributed by atoms with E-state index in [1.165, 1.54) is 6.07 Å². The second kappa shape index (κ2) is 6.37. The number of hydrogen-bond donors (Lipinski definition) is 2. The van der Waals surface area contributed by atoms with Crippen LogP contribution in [-0.4, -0.2) is 16.0 Å². The Kier molecular flexibility index (Phi) is 4.27. The minimum Gasteiger partial charge on any atom is -0.507 e. The van der Waals surface area contributed by atoms with Crippen molar-refractivity contribution in [2.24, 2.45) is 0 Å². The maximum atomic E-state index is 12.4. The molecule has 0 aliphatic rings. The number of halogens is 1. The van der Waals surface area contributed by atoms with Crippen LogP contribution in [-0.2, 0) is 0 Å². The Morgan fingerprint density at radius 1 is 1.21 bits per heavy atom. The van der Waals surface area contributed by atoms with Gasteiger partial charge in [-0.25, -0.2) is 4.98 Å². The van der Waals surface area contributed by atoms with Gasteiger partial charge >= 0.3 is 0 Å². The SMILES string of the molecule is Cc1nc(-c2cccc(NC(=O)c3c(O)cccc3Cl)c2)oc1C. The maximum absolute atomic E-state index is 12.4. The largest absolute Gasteiger partial charge is 0.507 e. The van der Waals surface area contributed by atoms with Gasteiger partial charge in [0, 0.05) is 11.3 Å². The second-order valence-corrected chi connectivity index (χ2v) is 5.74. The van der Waals surface area contributed by atoms with Crippen LogP contribution in [0.5, 0.6) is 5.75 Å². The Morgan fingerprint density at radius 3 is 2.62 bits per heavy atom. The molecule has 0 saturated carbocycles. The first-order chi connectivity index (χ1) is 11.5. The summed E-state index contributed by atoms with van der Waals surface area (Å²) in [7, 11) is 0. The Labute approximate surface area is 143 Å². The lowest BCUT2D eigenvalue weighted by molar-refractivity contribution is 0.102. The van der Waals surface area contributed by atoms with Crippen LogP contribution in [0.25, 0.3) is 11.5 Å². The molecule has 0 atom stereocenters. The highest BCUT2D eigenvalue weighted by Crippen LogP contribution is 2.28. The average Bonchev–Trinajstić information content (AvgIpc) is 2.87. The molecule has 0 fully saturated rings. The number of aromatic hydroxyl groups is 1. The Morgan fingerprint density at radius 2 is 1.96 bits per heavy atom. The lowest BCUT2D eigenvalue weighted by Crippen LogP contribution is -2.12. The molecular formula is C18H15ClN2O3. The zero-order valence-corrected chi connectivity index (χ0v) is 13.9. The summed E-state index contributed by atoms with van der Waals surface area (Å²) in [6.45, 7) is 3.71. The van der Waals surface area contributed by atoms with Crippen LogP contribution >= 0.6 is 11.6 Å². The van der Waals surface area contributed by atoms with Gasteiger partial charge in [-0.05, 0) is 44.2 Å². The molecule has 1 amide bonds. The quantitative estimate of drug-likeness (QED) is 0.731. The number of anilines is 1. The van der Waals surface area contributed by atoms with Gasteiger partial charge in [0.25, 0.3) is 5.91 Å². The number of nitrogens with one attached hydrogen (secondary N) is 1. The molecule has 122 valence electrons. The van der Waals surface area contributed by atoms with Gasteiger partial charge in [0.15, 0.2) is 0 Å². The minimum absolute atomic E-state index is 0.0346. The average molecular weight is 343 g/mol. The van der Waals surface area contributed by atoms with Crippen molar-refractivity contribution in [3.63, 3.8) is 0 Å². The zero-order chi connectivity index (χ0) is 17.3. The van der Waals surface area contributed by atoms with Gasteiger partial charge in [0.05, 0.1) is 10.7 Å². The fourth-order valence-corrected chi connectivity index (χ4v) is 2.51. The number of phenolic OH excluding ortho intramolecular Hbond substituents is 1. The molecule has 0 aliphatic heterocycles. The molecule has 6 heteroatoms. The van der Waals surface area contributed by atoms with Gasteiger partial charge in [-0.15, -0.1) is 0 Å². The molecular weight excluding hydrogens is 328 g/mol. The first kappa shape index (κ1) is 16.1. The van der Waals surface area contributed by atoms with Crippen LogP contribution in [0.3, 0.4) is 0 Å². The van der Waals surface area contributed by atoms with Crippen molar-refractivity contribution in [3.05, 3.63) is 64.5 Å². The molecule has 3 aromatic rings. The van der Waals surface area contributed by atoms with E-state index in [0.717, 1.165) is 17.0 Å². The van der Waals surface area contributed by atoms with Crippen LogP contribution in [0.15, 0.2) is 46.9 Å². The zero-order valence-electron chi connectivity index (χ0n) is 13.1. The molecule has 24 heavy (non-hydrogen) atoms. The van der Waals surface area contributed by atoms with E-state index in [1.54, 1.807) is 30.3 Å². The number of aryl methyl sites for hydroxylation is 2. The molecule has 0 spiro atoms. The van der Waals surface area contributed by atoms with Crippen molar-refractivity contribution in [2.45, 2.75) is 13.8 Å². The third-order valence-electron chi connectivity index (χ3n) is 3.61. The number of oxazole rings is 1. The summed E-state index contributed by atoms with van der Waals surface area (Å²) in [5.74, 6) is 0.576. The number of aromatic nitrogens is 1. The number of carbonyl (C=O) groups excluding carboxylic acids is 1. The van der Waals surface area contributed by atoms with Crippen LogP contribution < -0.4 is 5.32 Å². The van der Waals surface area contributed by atoms with E-state index in [2.05, 4.69) is 10.3 Å². The van der Waals surface area contributed by atoms with E-state index in [1.807, 2.05) is 19.9 Å². The molecule has 2 N–H and O–H groups in total. The fourth-order valence-electron chi connectivity index (χ4n) is 2.26. The standard InChI is InChI=1S/C18H15ClN2O3/c1-10-11(2)24-18(20-10)12-5-3-6-13(9-12)21-17(23)16-14(19)7-4-8-15(16)22/h3-9,22H,1-2H3,(H,21,23). The summed E-state index contributed by atoms with van der Waals surface area (Å²) >= 11 is 5.99. The summed E-state index contributed by atoms with van der Waals surface area (Å²) < 4.78 is 5.60. The first-order valence-corrected chi connectivity index (χ1v) is 7.67. The molecule has 0 bridgehead atoms. The lowest BCUT2D eigenvalue weighted by atomic mass is 10.1. The molecule has 0 aliphatic carbocycles. The van der Waals surface area contributed by atoms with Gasteiger partial charge < -0.3 is 14.8 Å². The van der Waals surface area contributed by atoms with Gasteiger partial charge in [-0.3, -0.25) is 4.79 Å². The molecule has 5 nitrogen and oxygen atoms in total. The highest BCUT2D eigenvalue weighted by atomic mass is 35.5. The van der Waals surface area contributed by atoms with Gasteiger partial charge in [0.1, 0.15) is 17.1 Å². The number of carbonyl (C=O) groups is 1. The molecule has 0 unspecified atom stereocenters. The van der Waals surface area contributed by atoms with Crippen LogP contribution in [0.2, 0.25) is 5.02 Å².